The van der Waals surface area contributed by atoms with Gasteiger partial charge < -0.3 is 15.1 Å². The summed E-state index contributed by atoms with van der Waals surface area (Å²) in [6, 6.07) is 18.4. The normalized spacial score (nSPS) is 14.7. The molecular weight excluding hydrogens is 494 g/mol. The summed E-state index contributed by atoms with van der Waals surface area (Å²) in [6.07, 6.45) is 3.19. The average Bonchev–Trinajstić information content (AvgIpc) is 3.01. The Morgan fingerprint density at radius 3 is 2.53 bits per heavy atom. The van der Waals surface area contributed by atoms with Crippen molar-refractivity contribution in [3.05, 3.63) is 88.5 Å². The average molecular weight is 532 g/mol. The van der Waals surface area contributed by atoms with Crippen molar-refractivity contribution in [2.45, 2.75) is 56.4 Å². The zero-order valence-corrected chi connectivity index (χ0v) is 23.6. The minimum Gasteiger partial charge on any atom is -0.352 e. The number of fused-ring (bicyclic) bond motifs is 2. The number of nitrogens with one attached hydrogen (secondary N) is 1. The molecule has 2 amide bonds. The van der Waals surface area contributed by atoms with Crippen LogP contribution in [-0.4, -0.2) is 47.6 Å². The fraction of sp³-hybridized carbons (Fsp3) is 0.355. The van der Waals surface area contributed by atoms with Crippen molar-refractivity contribution in [2.75, 3.05) is 31.6 Å². The molecule has 38 heavy (non-hydrogen) atoms. The summed E-state index contributed by atoms with van der Waals surface area (Å²) in [5, 5.41) is 3.01. The number of hydrogen-bond acceptors (Lipinski definition) is 4. The Balaban J connectivity index is 1.63. The Kier molecular flexibility index (Phi) is 9.13. The molecule has 7 heteroatoms. The highest BCUT2D eigenvalue weighted by Crippen LogP contribution is 2.36. The highest BCUT2D eigenvalue weighted by Gasteiger charge is 2.31. The van der Waals surface area contributed by atoms with E-state index < -0.39 is 10.8 Å². The molecule has 4 rings (SSSR count). The van der Waals surface area contributed by atoms with E-state index in [1.165, 1.54) is 6.42 Å². The fourth-order valence-corrected chi connectivity index (χ4v) is 6.04. The van der Waals surface area contributed by atoms with E-state index in [0.29, 0.717) is 39.7 Å². The van der Waals surface area contributed by atoms with Crippen LogP contribution in [0.5, 0.6) is 0 Å². The molecule has 0 saturated carbocycles. The van der Waals surface area contributed by atoms with Gasteiger partial charge >= 0.3 is 0 Å². The zero-order chi connectivity index (χ0) is 27.2. The first-order valence-corrected chi connectivity index (χ1v) is 14.4. The topological polar surface area (TPSA) is 69.7 Å². The number of benzene rings is 3. The van der Waals surface area contributed by atoms with Crippen LogP contribution in [0.25, 0.3) is 0 Å². The number of rotatable bonds is 10. The van der Waals surface area contributed by atoms with E-state index in [9.17, 15) is 13.8 Å². The lowest BCUT2D eigenvalue weighted by atomic mass is 10.0. The van der Waals surface area contributed by atoms with Gasteiger partial charge in [-0.05, 0) is 88.3 Å². The summed E-state index contributed by atoms with van der Waals surface area (Å²) in [5.74, 6) is -0.419. The molecular formula is C31H37N3O3S. The van der Waals surface area contributed by atoms with Crippen molar-refractivity contribution < 1.29 is 13.8 Å². The maximum absolute atomic E-state index is 13.9. The van der Waals surface area contributed by atoms with Gasteiger partial charge in [0, 0.05) is 12.1 Å². The number of unbranched alkanes of at least 4 members (excludes halogenated alkanes) is 1. The molecule has 3 aromatic carbocycles. The van der Waals surface area contributed by atoms with Crippen LogP contribution < -0.4 is 10.2 Å². The SMILES string of the molecule is CCCCN(C)CCCNC(=O)c1ccc2c(c1)N(Cc1cc(C)ccc1C)C(=O)c1ccccc1[S@]2=O. The van der Waals surface area contributed by atoms with Gasteiger partial charge in [0.25, 0.3) is 11.8 Å². The molecule has 0 aromatic heterocycles. The number of carbonyl (C=O) groups is 2. The van der Waals surface area contributed by atoms with E-state index in [2.05, 4.69) is 30.3 Å². The first-order valence-electron chi connectivity index (χ1n) is 13.3. The highest BCUT2D eigenvalue weighted by atomic mass is 32.2. The monoisotopic (exact) mass is 531 g/mol. The molecule has 1 N–H and O–H groups in total. The molecule has 0 radical (unpaired) electrons. The Hall–Kier alpha value is -3.29. The number of amides is 2. The first-order chi connectivity index (χ1) is 18.3. The summed E-state index contributed by atoms with van der Waals surface area (Å²) in [7, 11) is 0.548. The Labute approximate surface area is 228 Å². The van der Waals surface area contributed by atoms with Crippen molar-refractivity contribution in [1.29, 1.82) is 0 Å². The number of nitrogens with zero attached hydrogens (tertiary/aromatic N) is 2. The van der Waals surface area contributed by atoms with Crippen LogP contribution in [0.4, 0.5) is 5.69 Å². The second kappa shape index (κ2) is 12.5. The molecule has 6 nitrogen and oxygen atoms in total. The number of anilines is 1. The maximum atomic E-state index is 13.9. The molecule has 0 aliphatic carbocycles. The lowest BCUT2D eigenvalue weighted by Crippen LogP contribution is -2.31. The predicted molar refractivity (Wildman–Crippen MR) is 153 cm³/mol. The van der Waals surface area contributed by atoms with Gasteiger partial charge in [0.2, 0.25) is 0 Å². The largest absolute Gasteiger partial charge is 0.352 e. The van der Waals surface area contributed by atoms with E-state index in [-0.39, 0.29) is 11.8 Å². The molecule has 0 spiro atoms. The standard InChI is InChI=1S/C31H37N3O3S/c1-5-6-17-33(4)18-9-16-32-30(35)24-14-15-29-27(20-24)34(21-25-19-22(2)12-13-23(25)3)31(36)26-10-7-8-11-28(26)38(29)37/h7-8,10-15,19-20H,5-6,9,16-18,21H2,1-4H3,(H,32,35)/t38-/m1/s1. The quantitative estimate of drug-likeness (QED) is 0.352. The molecule has 1 aliphatic rings. The van der Waals surface area contributed by atoms with Gasteiger partial charge in [-0.1, -0.05) is 49.2 Å². The second-order valence-corrected chi connectivity index (χ2v) is 11.5. The molecule has 1 heterocycles. The van der Waals surface area contributed by atoms with Crippen LogP contribution in [-0.2, 0) is 17.3 Å². The van der Waals surface area contributed by atoms with E-state index >= 15 is 0 Å². The van der Waals surface area contributed by atoms with Crippen LogP contribution in [0.1, 0.15) is 63.6 Å². The lowest BCUT2D eigenvalue weighted by molar-refractivity contribution is 0.0948. The molecule has 0 unspecified atom stereocenters. The van der Waals surface area contributed by atoms with Crippen molar-refractivity contribution in [2.24, 2.45) is 0 Å². The van der Waals surface area contributed by atoms with Gasteiger partial charge in [-0.15, -0.1) is 0 Å². The van der Waals surface area contributed by atoms with Crippen LogP contribution in [0.3, 0.4) is 0 Å². The van der Waals surface area contributed by atoms with Gasteiger partial charge in [0.15, 0.2) is 0 Å². The maximum Gasteiger partial charge on any atom is 0.259 e. The molecule has 200 valence electrons. The predicted octanol–water partition coefficient (Wildman–Crippen LogP) is 5.48. The van der Waals surface area contributed by atoms with Gasteiger partial charge in [-0.3, -0.25) is 9.59 Å². The van der Waals surface area contributed by atoms with E-state index in [4.69, 9.17) is 0 Å². The Morgan fingerprint density at radius 1 is 0.974 bits per heavy atom. The van der Waals surface area contributed by atoms with Crippen molar-refractivity contribution in [3.63, 3.8) is 0 Å². The third-order valence-electron chi connectivity index (χ3n) is 7.00. The van der Waals surface area contributed by atoms with Gasteiger partial charge in [-0.25, -0.2) is 4.21 Å². The Morgan fingerprint density at radius 2 is 1.74 bits per heavy atom. The molecule has 1 atom stereocenters. The van der Waals surface area contributed by atoms with E-state index in [0.717, 1.165) is 42.6 Å². The van der Waals surface area contributed by atoms with Gasteiger partial charge in [-0.2, -0.15) is 0 Å². The number of aryl methyl sites for hydroxylation is 2. The molecule has 0 fully saturated rings. The number of hydrogen-bond donors (Lipinski definition) is 1. The number of carbonyl (C=O) groups excluding carboxylic acids is 2. The minimum atomic E-state index is -1.55. The summed E-state index contributed by atoms with van der Waals surface area (Å²) in [6.45, 7) is 9.08. The molecule has 0 saturated heterocycles. The lowest BCUT2D eigenvalue weighted by Gasteiger charge is -2.24. The molecule has 0 bridgehead atoms. The Bertz CT molecular complexity index is 1350. The third kappa shape index (κ3) is 6.22. The summed E-state index contributed by atoms with van der Waals surface area (Å²) < 4.78 is 13.7. The fourth-order valence-electron chi connectivity index (χ4n) is 4.70. The van der Waals surface area contributed by atoms with Crippen LogP contribution in [0.15, 0.2) is 70.5 Å². The third-order valence-corrected chi connectivity index (χ3v) is 8.50. The zero-order valence-electron chi connectivity index (χ0n) is 22.8. The van der Waals surface area contributed by atoms with Crippen molar-refractivity contribution in [1.82, 2.24) is 10.2 Å². The van der Waals surface area contributed by atoms with Crippen LogP contribution in [0.2, 0.25) is 0 Å². The summed E-state index contributed by atoms with van der Waals surface area (Å²) in [5.41, 5.74) is 4.57. The molecule has 1 aliphatic heterocycles. The van der Waals surface area contributed by atoms with Crippen LogP contribution >= 0.6 is 0 Å². The van der Waals surface area contributed by atoms with Crippen LogP contribution in [0, 0.1) is 13.8 Å². The van der Waals surface area contributed by atoms with E-state index in [1.807, 2.05) is 26.0 Å². The van der Waals surface area contributed by atoms with Crippen molar-refractivity contribution >= 4 is 28.3 Å². The smallest absolute Gasteiger partial charge is 0.259 e. The first kappa shape index (κ1) is 27.7. The minimum absolute atomic E-state index is 0.198. The second-order valence-electron chi connectivity index (χ2n) is 10.0. The summed E-state index contributed by atoms with van der Waals surface area (Å²) in [4.78, 5) is 31.9. The van der Waals surface area contributed by atoms with Gasteiger partial charge in [0.05, 0.1) is 38.4 Å². The van der Waals surface area contributed by atoms with Crippen molar-refractivity contribution in [3.8, 4) is 0 Å². The summed E-state index contributed by atoms with van der Waals surface area (Å²) >= 11 is 0. The van der Waals surface area contributed by atoms with E-state index in [1.54, 1.807) is 47.4 Å². The highest BCUT2D eigenvalue weighted by molar-refractivity contribution is 7.85. The van der Waals surface area contributed by atoms with Gasteiger partial charge in [0.1, 0.15) is 0 Å². The molecule has 3 aromatic rings.